The molecule has 4 saturated carbocycles. The van der Waals surface area contributed by atoms with E-state index in [1.165, 1.54) is 0 Å². The summed E-state index contributed by atoms with van der Waals surface area (Å²) < 4.78 is 5.23. The van der Waals surface area contributed by atoms with Crippen molar-refractivity contribution in [2.24, 2.45) is 17.3 Å². The lowest BCUT2D eigenvalue weighted by atomic mass is 9.46. The molecule has 0 spiro atoms. The van der Waals surface area contributed by atoms with Gasteiger partial charge in [0.25, 0.3) is 0 Å². The Morgan fingerprint density at radius 1 is 1.17 bits per heavy atom. The summed E-state index contributed by atoms with van der Waals surface area (Å²) in [5.41, 5.74) is -1.98. The molecule has 6 nitrogen and oxygen atoms in total. The first kappa shape index (κ1) is 16.6. The number of carbonyl (C=O) groups excluding carboxylic acids is 1. The van der Waals surface area contributed by atoms with Crippen molar-refractivity contribution in [2.75, 3.05) is 0 Å². The van der Waals surface area contributed by atoms with E-state index >= 15 is 0 Å². The highest BCUT2D eigenvalue weighted by Crippen LogP contribution is 2.62. The van der Waals surface area contributed by atoms with Gasteiger partial charge in [-0.05, 0) is 71.1 Å². The highest BCUT2D eigenvalue weighted by molar-refractivity contribution is 5.81. The summed E-state index contributed by atoms with van der Waals surface area (Å²) in [6.45, 7) is 5.24. The second kappa shape index (κ2) is 5.10. The minimum Gasteiger partial charge on any atom is -0.480 e. The molecule has 3 N–H and O–H groups in total. The van der Waals surface area contributed by atoms with E-state index in [0.717, 1.165) is 32.1 Å². The van der Waals surface area contributed by atoms with Crippen LogP contribution >= 0.6 is 0 Å². The van der Waals surface area contributed by atoms with Gasteiger partial charge in [0, 0.05) is 5.41 Å². The van der Waals surface area contributed by atoms with Crippen LogP contribution < -0.4 is 5.32 Å². The number of alkyl carbamates (subject to hydrolysis) is 1. The van der Waals surface area contributed by atoms with Crippen molar-refractivity contribution in [2.45, 2.75) is 76.5 Å². The number of amides is 1. The van der Waals surface area contributed by atoms with Gasteiger partial charge >= 0.3 is 12.1 Å². The standard InChI is InChI=1S/C17H27NO5/c1-15(2,3)23-14(21)18-12(13(19)20)16-5-10-4-11(6-16)8-17(22,7-10)9-16/h10-12,22H,4-9H2,1-3H3,(H,18,21)(H,19,20)/t10-,11-,12+,16?,17?/m0/s1. The fourth-order valence-corrected chi connectivity index (χ4v) is 5.52. The fourth-order valence-electron chi connectivity index (χ4n) is 5.52. The van der Waals surface area contributed by atoms with Crippen molar-refractivity contribution in [1.29, 1.82) is 0 Å². The molecule has 4 rings (SSSR count). The van der Waals surface area contributed by atoms with E-state index in [4.69, 9.17) is 4.74 Å². The third kappa shape index (κ3) is 3.18. The van der Waals surface area contributed by atoms with Crippen molar-refractivity contribution >= 4 is 12.1 Å². The summed E-state index contributed by atoms with van der Waals surface area (Å²) in [7, 11) is 0. The molecule has 4 aliphatic rings. The fraction of sp³-hybridized carbons (Fsp3) is 0.882. The van der Waals surface area contributed by atoms with Crippen molar-refractivity contribution in [3.05, 3.63) is 0 Å². The van der Waals surface area contributed by atoms with Crippen LogP contribution in [0.2, 0.25) is 0 Å². The number of carbonyl (C=O) groups is 2. The third-order valence-electron chi connectivity index (χ3n) is 5.60. The third-order valence-corrected chi connectivity index (χ3v) is 5.60. The topological polar surface area (TPSA) is 95.9 Å². The maximum Gasteiger partial charge on any atom is 0.408 e. The Hall–Kier alpha value is -1.30. The average molecular weight is 325 g/mol. The molecular weight excluding hydrogens is 298 g/mol. The maximum atomic E-state index is 12.1. The summed E-state index contributed by atoms with van der Waals surface area (Å²) in [4.78, 5) is 24.0. The van der Waals surface area contributed by atoms with E-state index in [0.29, 0.717) is 18.3 Å². The number of ether oxygens (including phenoxy) is 1. The normalized spacial score (nSPS) is 39.8. The molecule has 6 heteroatoms. The molecule has 130 valence electrons. The molecular formula is C17H27NO5. The summed E-state index contributed by atoms with van der Waals surface area (Å²) in [6.07, 6.45) is 3.89. The Balaban J connectivity index is 1.81. The largest absolute Gasteiger partial charge is 0.480 e. The molecule has 4 fully saturated rings. The average Bonchev–Trinajstić information content (AvgIpc) is 2.29. The molecule has 0 heterocycles. The molecule has 3 atom stereocenters. The lowest BCUT2D eigenvalue weighted by molar-refractivity contribution is -0.182. The highest BCUT2D eigenvalue weighted by Gasteiger charge is 2.61. The van der Waals surface area contributed by atoms with Crippen molar-refractivity contribution < 1.29 is 24.5 Å². The molecule has 0 aromatic heterocycles. The van der Waals surface area contributed by atoms with Crippen LogP contribution in [0.4, 0.5) is 4.79 Å². The Labute approximate surface area is 136 Å². The number of aliphatic hydroxyl groups is 1. The minimum absolute atomic E-state index is 0.364. The molecule has 4 bridgehead atoms. The Morgan fingerprint density at radius 2 is 1.74 bits per heavy atom. The minimum atomic E-state index is -1.04. The first-order valence-corrected chi connectivity index (χ1v) is 8.45. The van der Waals surface area contributed by atoms with E-state index in [1.54, 1.807) is 20.8 Å². The summed E-state index contributed by atoms with van der Waals surface area (Å²) in [5.74, 6) is -0.312. The van der Waals surface area contributed by atoms with Crippen molar-refractivity contribution in [3.8, 4) is 0 Å². The second-order valence-corrected chi connectivity index (χ2v) is 8.97. The molecule has 0 aliphatic heterocycles. The van der Waals surface area contributed by atoms with Crippen LogP contribution in [0.1, 0.15) is 59.3 Å². The molecule has 0 saturated heterocycles. The lowest BCUT2D eigenvalue weighted by Crippen LogP contribution is -2.64. The molecule has 1 amide bonds. The SMILES string of the molecule is CC(C)(C)OC(=O)N[C@H](C(=O)O)C12C[C@@H]3C[C@H](CC(O)(C3)C1)C2. The van der Waals surface area contributed by atoms with Gasteiger partial charge in [-0.3, -0.25) is 0 Å². The summed E-state index contributed by atoms with van der Waals surface area (Å²) >= 11 is 0. The number of carboxylic acid groups (broad SMARTS) is 1. The molecule has 4 aliphatic carbocycles. The van der Waals surface area contributed by atoms with Crippen LogP contribution in [-0.4, -0.2) is 39.5 Å². The number of hydrogen-bond donors (Lipinski definition) is 3. The van der Waals surface area contributed by atoms with Gasteiger partial charge in [-0.1, -0.05) is 0 Å². The molecule has 0 aromatic carbocycles. The zero-order valence-corrected chi connectivity index (χ0v) is 14.1. The number of carboxylic acids is 1. The first-order chi connectivity index (χ1) is 10.5. The predicted octanol–water partition coefficient (Wildman–Crippen LogP) is 2.30. The lowest BCUT2D eigenvalue weighted by Gasteiger charge is -2.61. The molecule has 0 radical (unpaired) electrons. The van der Waals surface area contributed by atoms with E-state index in [9.17, 15) is 19.8 Å². The maximum absolute atomic E-state index is 12.1. The van der Waals surface area contributed by atoms with Gasteiger partial charge in [0.2, 0.25) is 0 Å². The van der Waals surface area contributed by atoms with Crippen LogP contribution in [0.5, 0.6) is 0 Å². The Kier molecular flexibility index (Phi) is 3.67. The van der Waals surface area contributed by atoms with Gasteiger partial charge in [-0.25, -0.2) is 9.59 Å². The van der Waals surface area contributed by atoms with Gasteiger partial charge in [0.1, 0.15) is 11.6 Å². The van der Waals surface area contributed by atoms with E-state index in [2.05, 4.69) is 5.32 Å². The summed E-state index contributed by atoms with van der Waals surface area (Å²) in [5, 5.41) is 23.1. The monoisotopic (exact) mass is 325 g/mol. The number of nitrogens with one attached hydrogen (secondary N) is 1. The second-order valence-electron chi connectivity index (χ2n) is 8.97. The quantitative estimate of drug-likeness (QED) is 0.740. The molecule has 0 aromatic rings. The van der Waals surface area contributed by atoms with Crippen LogP contribution in [0.3, 0.4) is 0 Å². The van der Waals surface area contributed by atoms with Crippen molar-refractivity contribution in [1.82, 2.24) is 5.32 Å². The van der Waals surface area contributed by atoms with E-state index < -0.39 is 34.7 Å². The van der Waals surface area contributed by atoms with Crippen LogP contribution in [0, 0.1) is 17.3 Å². The van der Waals surface area contributed by atoms with Crippen molar-refractivity contribution in [3.63, 3.8) is 0 Å². The Morgan fingerprint density at radius 3 is 2.17 bits per heavy atom. The highest BCUT2D eigenvalue weighted by atomic mass is 16.6. The Bertz CT molecular complexity index is 510. The van der Waals surface area contributed by atoms with Gasteiger partial charge in [-0.15, -0.1) is 0 Å². The smallest absolute Gasteiger partial charge is 0.408 e. The van der Waals surface area contributed by atoms with Crippen LogP contribution in [-0.2, 0) is 9.53 Å². The molecule has 23 heavy (non-hydrogen) atoms. The summed E-state index contributed by atoms with van der Waals surface area (Å²) in [6, 6.07) is -1.00. The zero-order chi connectivity index (χ0) is 17.0. The van der Waals surface area contributed by atoms with Crippen LogP contribution in [0.25, 0.3) is 0 Å². The number of hydrogen-bond acceptors (Lipinski definition) is 4. The van der Waals surface area contributed by atoms with Gasteiger partial charge in [-0.2, -0.15) is 0 Å². The number of aliphatic carboxylic acids is 1. The van der Waals surface area contributed by atoms with E-state index in [-0.39, 0.29) is 0 Å². The van der Waals surface area contributed by atoms with E-state index in [1.807, 2.05) is 0 Å². The molecule has 0 unspecified atom stereocenters. The number of rotatable bonds is 3. The van der Waals surface area contributed by atoms with Crippen LogP contribution in [0.15, 0.2) is 0 Å². The predicted molar refractivity (Wildman–Crippen MR) is 82.9 cm³/mol. The van der Waals surface area contributed by atoms with Gasteiger partial charge < -0.3 is 20.3 Å². The first-order valence-electron chi connectivity index (χ1n) is 8.45. The van der Waals surface area contributed by atoms with Gasteiger partial charge in [0.05, 0.1) is 5.60 Å². The van der Waals surface area contributed by atoms with Gasteiger partial charge in [0.15, 0.2) is 0 Å². The zero-order valence-electron chi connectivity index (χ0n) is 14.1.